The van der Waals surface area contributed by atoms with Gasteiger partial charge in [0.15, 0.2) is 0 Å². The Labute approximate surface area is 116 Å². The van der Waals surface area contributed by atoms with Crippen molar-refractivity contribution in [3.63, 3.8) is 0 Å². The molecule has 1 saturated carbocycles. The first kappa shape index (κ1) is 14.3. The molecule has 1 heterocycles. The lowest BCUT2D eigenvalue weighted by molar-refractivity contribution is 0.512. The molecule has 0 aromatic carbocycles. The van der Waals surface area contributed by atoms with Crippen molar-refractivity contribution < 1.29 is 0 Å². The van der Waals surface area contributed by atoms with E-state index in [0.29, 0.717) is 5.92 Å². The van der Waals surface area contributed by atoms with Crippen molar-refractivity contribution in [2.45, 2.75) is 64.7 Å². The second kappa shape index (κ2) is 5.45. The van der Waals surface area contributed by atoms with Crippen LogP contribution in [0, 0.1) is 5.92 Å². The van der Waals surface area contributed by atoms with Crippen LogP contribution in [-0.4, -0.2) is 9.97 Å². The first-order chi connectivity index (χ1) is 8.94. The maximum atomic E-state index is 5.54. The summed E-state index contributed by atoms with van der Waals surface area (Å²) in [5, 5.41) is 0. The third-order valence-electron chi connectivity index (χ3n) is 4.14. The molecule has 0 bridgehead atoms. The second-order valence-corrected chi connectivity index (χ2v) is 6.68. The molecule has 106 valence electrons. The first-order valence-electron chi connectivity index (χ1n) is 7.30. The number of aromatic nitrogens is 2. The number of nitrogens with two attached hydrogens (primary N) is 1. The van der Waals surface area contributed by atoms with Crippen LogP contribution in [0.1, 0.15) is 70.8 Å². The Hall–Kier alpha value is -1.16. The standard InChI is InChI=1S/C15H26N4/c1-5-10-6-7-11(8-10)14-17-12(15(2,3)4)9-13(18-14)19-16/h9-11H,5-8,16H2,1-4H3,(H,17,18,19). The molecule has 4 heteroatoms. The van der Waals surface area contributed by atoms with Crippen LogP contribution in [0.4, 0.5) is 5.82 Å². The van der Waals surface area contributed by atoms with E-state index in [1.54, 1.807) is 0 Å². The van der Waals surface area contributed by atoms with Gasteiger partial charge in [-0.25, -0.2) is 15.8 Å². The minimum atomic E-state index is 0.0199. The zero-order valence-corrected chi connectivity index (χ0v) is 12.5. The van der Waals surface area contributed by atoms with Crippen LogP contribution in [-0.2, 0) is 5.41 Å². The van der Waals surface area contributed by atoms with Crippen molar-refractivity contribution in [2.75, 3.05) is 5.43 Å². The third kappa shape index (κ3) is 3.24. The molecular weight excluding hydrogens is 236 g/mol. The van der Waals surface area contributed by atoms with Crippen molar-refractivity contribution in [1.29, 1.82) is 0 Å². The normalized spacial score (nSPS) is 23.6. The Bertz CT molecular complexity index is 436. The molecule has 0 spiro atoms. The quantitative estimate of drug-likeness (QED) is 0.647. The summed E-state index contributed by atoms with van der Waals surface area (Å²) >= 11 is 0. The monoisotopic (exact) mass is 262 g/mol. The zero-order valence-electron chi connectivity index (χ0n) is 12.5. The zero-order chi connectivity index (χ0) is 14.0. The van der Waals surface area contributed by atoms with Gasteiger partial charge in [-0.05, 0) is 25.2 Å². The van der Waals surface area contributed by atoms with E-state index < -0.39 is 0 Å². The molecular formula is C15H26N4. The number of hydrogen-bond acceptors (Lipinski definition) is 4. The van der Waals surface area contributed by atoms with Crippen LogP contribution in [0.2, 0.25) is 0 Å². The van der Waals surface area contributed by atoms with E-state index in [4.69, 9.17) is 10.8 Å². The van der Waals surface area contributed by atoms with Crippen LogP contribution in [0.3, 0.4) is 0 Å². The van der Waals surface area contributed by atoms with Gasteiger partial charge in [0.1, 0.15) is 11.6 Å². The van der Waals surface area contributed by atoms with Crippen LogP contribution in [0.5, 0.6) is 0 Å². The fourth-order valence-corrected chi connectivity index (χ4v) is 2.79. The van der Waals surface area contributed by atoms with Crippen LogP contribution >= 0.6 is 0 Å². The molecule has 3 N–H and O–H groups in total. The van der Waals surface area contributed by atoms with E-state index in [1.165, 1.54) is 25.7 Å². The molecule has 19 heavy (non-hydrogen) atoms. The van der Waals surface area contributed by atoms with Crippen molar-refractivity contribution in [3.8, 4) is 0 Å². The van der Waals surface area contributed by atoms with E-state index in [2.05, 4.69) is 38.1 Å². The molecule has 0 amide bonds. The molecule has 1 aliphatic carbocycles. The minimum Gasteiger partial charge on any atom is -0.308 e. The number of rotatable bonds is 3. The number of hydrazine groups is 1. The lowest BCUT2D eigenvalue weighted by atomic mass is 9.91. The van der Waals surface area contributed by atoms with Crippen LogP contribution < -0.4 is 11.3 Å². The first-order valence-corrected chi connectivity index (χ1v) is 7.30. The highest BCUT2D eigenvalue weighted by Crippen LogP contribution is 2.39. The minimum absolute atomic E-state index is 0.0199. The number of nitrogens with one attached hydrogen (secondary N) is 1. The predicted octanol–water partition coefficient (Wildman–Crippen LogP) is 3.35. The number of anilines is 1. The van der Waals surface area contributed by atoms with Gasteiger partial charge < -0.3 is 5.43 Å². The van der Waals surface area contributed by atoms with E-state index in [-0.39, 0.29) is 5.41 Å². The van der Waals surface area contributed by atoms with Crippen LogP contribution in [0.25, 0.3) is 0 Å². The molecule has 2 unspecified atom stereocenters. The van der Waals surface area contributed by atoms with Crippen molar-refractivity contribution >= 4 is 5.82 Å². The summed E-state index contributed by atoms with van der Waals surface area (Å²) in [6.45, 7) is 8.78. The molecule has 2 rings (SSSR count). The highest BCUT2D eigenvalue weighted by Gasteiger charge is 2.28. The molecule has 2 atom stereocenters. The Kier molecular flexibility index (Phi) is 4.09. The van der Waals surface area contributed by atoms with Gasteiger partial charge in [-0.3, -0.25) is 0 Å². The Morgan fingerprint density at radius 2 is 2.05 bits per heavy atom. The van der Waals surface area contributed by atoms with Gasteiger partial charge in [0.05, 0.1) is 5.69 Å². The molecule has 1 aromatic rings. The smallest absolute Gasteiger partial charge is 0.143 e. The number of nitrogen functional groups attached to an aromatic ring is 1. The summed E-state index contributed by atoms with van der Waals surface area (Å²) in [4.78, 5) is 9.37. The van der Waals surface area contributed by atoms with E-state index in [9.17, 15) is 0 Å². The molecule has 1 fully saturated rings. The fraction of sp³-hybridized carbons (Fsp3) is 0.733. The van der Waals surface area contributed by atoms with Gasteiger partial charge in [-0.1, -0.05) is 34.1 Å². The Balaban J connectivity index is 2.30. The highest BCUT2D eigenvalue weighted by molar-refractivity contribution is 5.37. The Morgan fingerprint density at radius 1 is 1.32 bits per heavy atom. The summed E-state index contributed by atoms with van der Waals surface area (Å²) < 4.78 is 0. The summed E-state index contributed by atoms with van der Waals surface area (Å²) in [5.74, 6) is 8.58. The SMILES string of the molecule is CCC1CCC(c2nc(NN)cc(C(C)(C)C)n2)C1. The maximum Gasteiger partial charge on any atom is 0.143 e. The largest absolute Gasteiger partial charge is 0.308 e. The van der Waals surface area contributed by atoms with Gasteiger partial charge in [0.2, 0.25) is 0 Å². The van der Waals surface area contributed by atoms with Crippen LogP contribution in [0.15, 0.2) is 6.07 Å². The number of hydrogen-bond donors (Lipinski definition) is 2. The summed E-state index contributed by atoms with van der Waals surface area (Å²) in [5.41, 5.74) is 3.76. The number of nitrogens with zero attached hydrogens (tertiary/aromatic N) is 2. The highest BCUT2D eigenvalue weighted by atomic mass is 15.3. The molecule has 1 aliphatic rings. The lowest BCUT2D eigenvalue weighted by Gasteiger charge is -2.20. The molecule has 0 aliphatic heterocycles. The van der Waals surface area contributed by atoms with Gasteiger partial charge in [-0.2, -0.15) is 0 Å². The van der Waals surface area contributed by atoms with Gasteiger partial charge in [0.25, 0.3) is 0 Å². The maximum absolute atomic E-state index is 5.54. The van der Waals surface area contributed by atoms with E-state index in [1.807, 2.05) is 6.07 Å². The fourth-order valence-electron chi connectivity index (χ4n) is 2.79. The molecule has 1 aromatic heterocycles. The topological polar surface area (TPSA) is 63.8 Å². The molecule has 4 nitrogen and oxygen atoms in total. The van der Waals surface area contributed by atoms with E-state index >= 15 is 0 Å². The van der Waals surface area contributed by atoms with Gasteiger partial charge in [-0.15, -0.1) is 0 Å². The van der Waals surface area contributed by atoms with Gasteiger partial charge in [0, 0.05) is 17.4 Å². The predicted molar refractivity (Wildman–Crippen MR) is 78.9 cm³/mol. The lowest BCUT2D eigenvalue weighted by Crippen LogP contribution is -2.19. The van der Waals surface area contributed by atoms with Gasteiger partial charge >= 0.3 is 0 Å². The summed E-state index contributed by atoms with van der Waals surface area (Å²) in [6, 6.07) is 1.95. The van der Waals surface area contributed by atoms with Crippen molar-refractivity contribution in [2.24, 2.45) is 11.8 Å². The van der Waals surface area contributed by atoms with Crippen molar-refractivity contribution in [3.05, 3.63) is 17.6 Å². The van der Waals surface area contributed by atoms with E-state index in [0.717, 1.165) is 23.3 Å². The average Bonchev–Trinajstić information content (AvgIpc) is 2.86. The molecule has 0 radical (unpaired) electrons. The third-order valence-corrected chi connectivity index (χ3v) is 4.14. The average molecular weight is 262 g/mol. The second-order valence-electron chi connectivity index (χ2n) is 6.68. The Morgan fingerprint density at radius 3 is 2.58 bits per heavy atom. The summed E-state index contributed by atoms with van der Waals surface area (Å²) in [7, 11) is 0. The molecule has 0 saturated heterocycles. The van der Waals surface area contributed by atoms with Crippen molar-refractivity contribution in [1.82, 2.24) is 9.97 Å². The summed E-state index contributed by atoms with van der Waals surface area (Å²) in [6.07, 6.45) is 4.98.